The minimum atomic E-state index is -3.36. The number of hydrogen-bond donors (Lipinski definition) is 0. The maximum Gasteiger partial charge on any atom is -1.00 e. The van der Waals surface area contributed by atoms with Crippen molar-refractivity contribution >= 4 is 12.2 Å². The zero-order chi connectivity index (χ0) is 32.9. The van der Waals surface area contributed by atoms with Gasteiger partial charge in [-0.25, -0.2) is 0 Å². The van der Waals surface area contributed by atoms with Crippen LogP contribution in [0.5, 0.6) is 0 Å². The summed E-state index contributed by atoms with van der Waals surface area (Å²) in [6, 6.07) is 33.2. The molecule has 4 aromatic rings. The molecule has 4 unspecified atom stereocenters. The van der Waals surface area contributed by atoms with E-state index in [4.69, 9.17) is 0 Å². The first-order valence-electron chi connectivity index (χ1n) is 18.2. The first kappa shape index (κ1) is 36.6. The predicted molar refractivity (Wildman–Crippen MR) is 200 cm³/mol. The Balaban J connectivity index is 0.00000208. The number of benzene rings is 4. The van der Waals surface area contributed by atoms with Gasteiger partial charge in [0, 0.05) is 0 Å². The number of hydrogen-bond acceptors (Lipinski definition) is 0. The van der Waals surface area contributed by atoms with Crippen molar-refractivity contribution in [3.63, 3.8) is 0 Å². The van der Waals surface area contributed by atoms with E-state index in [1.165, 1.54) is 70.2 Å². The summed E-state index contributed by atoms with van der Waals surface area (Å²) in [5.41, 5.74) is 18.4. The predicted octanol–water partition coefficient (Wildman–Crippen LogP) is 7.63. The van der Waals surface area contributed by atoms with Crippen molar-refractivity contribution in [3.05, 3.63) is 129 Å². The average molecular weight is 854 g/mol. The fourth-order valence-electron chi connectivity index (χ4n) is 10.4. The fraction of sp³-hybridized carbons (Fsp3) is 0.391. The zero-order valence-electron chi connectivity index (χ0n) is 30.6. The molecule has 8 rings (SSSR count). The van der Waals surface area contributed by atoms with Gasteiger partial charge < -0.3 is 24.8 Å². The second-order valence-corrected chi connectivity index (χ2v) is 34.1. The van der Waals surface area contributed by atoms with Gasteiger partial charge in [-0.15, -0.1) is 0 Å². The summed E-state index contributed by atoms with van der Waals surface area (Å²) < 4.78 is 3.23. The van der Waals surface area contributed by atoms with Crippen LogP contribution in [0.25, 0.3) is 34.4 Å². The van der Waals surface area contributed by atoms with E-state index in [0.717, 1.165) is 7.35 Å². The molecule has 0 radical (unpaired) electrons. The fourth-order valence-corrected chi connectivity index (χ4v) is 47.1. The Labute approximate surface area is 313 Å². The largest absolute Gasteiger partial charge is 1.00 e. The second-order valence-electron chi connectivity index (χ2n) is 17.4. The minimum absolute atomic E-state index is 0. The molecular weight excluding hydrogens is 802 g/mol. The van der Waals surface area contributed by atoms with Gasteiger partial charge in [-0.3, -0.25) is 0 Å². The molecule has 0 spiro atoms. The summed E-state index contributed by atoms with van der Waals surface area (Å²) in [5, 5.41) is 0. The number of rotatable bonds is 4. The maximum absolute atomic E-state index is 3.36. The molecule has 3 heteroatoms. The minimum Gasteiger partial charge on any atom is -1.00 e. The van der Waals surface area contributed by atoms with Crippen molar-refractivity contribution in [1.82, 2.24) is 0 Å². The molecule has 0 bridgehead atoms. The van der Waals surface area contributed by atoms with Crippen LogP contribution in [0.4, 0.5) is 0 Å². The van der Waals surface area contributed by atoms with Gasteiger partial charge in [0.2, 0.25) is 0 Å². The monoisotopic (exact) mass is 854 g/mol. The Morgan fingerprint density at radius 2 is 0.878 bits per heavy atom. The van der Waals surface area contributed by atoms with Crippen molar-refractivity contribution in [1.29, 1.82) is 0 Å². The Morgan fingerprint density at radius 3 is 1.22 bits per heavy atom. The van der Waals surface area contributed by atoms with E-state index in [0.29, 0.717) is 7.35 Å². The Morgan fingerprint density at radius 1 is 0.510 bits per heavy atom. The van der Waals surface area contributed by atoms with Crippen LogP contribution >= 0.6 is 0 Å². The number of halogens is 2. The van der Waals surface area contributed by atoms with Crippen molar-refractivity contribution < 1.29 is 44.8 Å². The van der Waals surface area contributed by atoms with Crippen LogP contribution in [0.1, 0.15) is 108 Å². The molecule has 49 heavy (non-hydrogen) atoms. The molecule has 1 aliphatic heterocycles. The van der Waals surface area contributed by atoms with Crippen molar-refractivity contribution in [2.24, 2.45) is 10.8 Å². The molecule has 4 atom stereocenters. The first-order chi connectivity index (χ1) is 22.4. The van der Waals surface area contributed by atoms with E-state index >= 15 is 0 Å². The first-order valence-corrected chi connectivity index (χ1v) is 26.5. The van der Waals surface area contributed by atoms with Crippen LogP contribution in [0, 0.1) is 24.7 Å². The summed E-state index contributed by atoms with van der Waals surface area (Å²) >= 11 is -3.36. The molecular formula is C46H52Cl2Hf. The van der Waals surface area contributed by atoms with Crippen molar-refractivity contribution in [3.8, 4) is 22.3 Å². The smallest absolute Gasteiger partial charge is 1.00 e. The average Bonchev–Trinajstić information content (AvgIpc) is 3.31. The molecule has 1 saturated heterocycles. The third-order valence-corrected chi connectivity index (χ3v) is 37.0. The van der Waals surface area contributed by atoms with E-state index in [1.807, 2.05) is 0 Å². The molecule has 0 amide bonds. The van der Waals surface area contributed by atoms with Crippen LogP contribution < -0.4 is 24.8 Å². The van der Waals surface area contributed by atoms with Crippen LogP contribution in [0.3, 0.4) is 0 Å². The van der Waals surface area contributed by atoms with Gasteiger partial charge in [0.15, 0.2) is 0 Å². The second kappa shape index (κ2) is 13.1. The van der Waals surface area contributed by atoms with Gasteiger partial charge in [0.1, 0.15) is 0 Å². The Kier molecular flexibility index (Phi) is 9.78. The summed E-state index contributed by atoms with van der Waals surface area (Å²) in [6.07, 6.45) is 11.2. The summed E-state index contributed by atoms with van der Waals surface area (Å²) in [5.74, 6) is 0. The van der Waals surface area contributed by atoms with E-state index in [-0.39, 0.29) is 35.6 Å². The molecule has 0 aromatic heterocycles. The third kappa shape index (κ3) is 5.83. The van der Waals surface area contributed by atoms with E-state index in [1.54, 1.807) is 22.3 Å². The number of fused-ring (bicyclic) bond motifs is 3. The molecule has 4 aromatic carbocycles. The normalized spacial score (nSPS) is 23.9. The van der Waals surface area contributed by atoms with Gasteiger partial charge in [0.05, 0.1) is 0 Å². The molecule has 1 heterocycles. The topological polar surface area (TPSA) is 0 Å². The summed E-state index contributed by atoms with van der Waals surface area (Å²) in [4.78, 5) is 0. The van der Waals surface area contributed by atoms with E-state index < -0.39 is 20.0 Å². The van der Waals surface area contributed by atoms with Crippen LogP contribution in [-0.2, 0) is 20.0 Å². The SMILES string of the molecule is Cc1ccc(-c2cccc3c2C=C(C(C)(C)C)[CH]3[Hf+2]2([CH]3C(C(C)(C)C)=Cc4c(-c5ccc(C)cc5)cccc43)[CH]3CCCC[CH]32)cc1.[Cl-].[Cl-]. The molecule has 3 aliphatic carbocycles. The molecule has 1 saturated carbocycles. The maximum atomic E-state index is 2.71. The quantitative estimate of drug-likeness (QED) is 0.186. The van der Waals surface area contributed by atoms with Gasteiger partial charge in [-0.05, 0) is 0 Å². The van der Waals surface area contributed by atoms with Crippen molar-refractivity contribution in [2.75, 3.05) is 0 Å². The van der Waals surface area contributed by atoms with Gasteiger partial charge in [0.25, 0.3) is 0 Å². The van der Waals surface area contributed by atoms with E-state index in [2.05, 4.69) is 152 Å². The molecule has 4 aliphatic rings. The molecule has 2 fully saturated rings. The van der Waals surface area contributed by atoms with Gasteiger partial charge in [-0.1, -0.05) is 0 Å². The summed E-state index contributed by atoms with van der Waals surface area (Å²) in [6.45, 7) is 19.5. The number of aryl methyl sites for hydroxylation is 2. The Hall–Kier alpha value is -2.19. The van der Waals surface area contributed by atoms with Crippen LogP contribution in [-0.4, -0.2) is 0 Å². The Bertz CT molecular complexity index is 1790. The third-order valence-electron chi connectivity index (χ3n) is 12.5. The van der Waals surface area contributed by atoms with Gasteiger partial charge >= 0.3 is 290 Å². The van der Waals surface area contributed by atoms with E-state index in [9.17, 15) is 0 Å². The zero-order valence-corrected chi connectivity index (χ0v) is 35.7. The molecule has 0 nitrogen and oxygen atoms in total. The molecule has 254 valence electrons. The summed E-state index contributed by atoms with van der Waals surface area (Å²) in [7, 11) is 0. The van der Waals surface area contributed by atoms with Crippen molar-refractivity contribution in [2.45, 2.75) is 95.8 Å². The molecule has 0 N–H and O–H groups in total. The van der Waals surface area contributed by atoms with Crippen LogP contribution in [0.15, 0.2) is 96.1 Å². The standard InChI is InChI=1S/2C20H21.C6H10.2ClH.Hf/c2*1-14-8-10-15(11-9-14)18-7-5-6-16-12-17(13-19(16)18)20(2,3)4;1-2-4-6-5-3-1;;;/h2*5-13H,1-4H3;1-2H,3-6H2;2*1H;/q;;;;;+2/p-2. The van der Waals surface area contributed by atoms with Gasteiger partial charge in [-0.2, -0.15) is 0 Å². The number of allylic oxidation sites excluding steroid dienone is 2. The van der Waals surface area contributed by atoms with Crippen LogP contribution in [0.2, 0.25) is 7.35 Å².